The zero-order valence-corrected chi connectivity index (χ0v) is 14.4. The van der Waals surface area contributed by atoms with Crippen molar-refractivity contribution >= 4 is 34.8 Å². The third-order valence-electron chi connectivity index (χ3n) is 3.44. The summed E-state index contributed by atoms with van der Waals surface area (Å²) in [5, 5.41) is 4.92. The van der Waals surface area contributed by atoms with Crippen LogP contribution in [0.1, 0.15) is 11.3 Å². The highest BCUT2D eigenvalue weighted by Crippen LogP contribution is 2.27. The molecule has 6 heteroatoms. The van der Waals surface area contributed by atoms with E-state index in [2.05, 4.69) is 15.5 Å². The molecule has 126 valence electrons. The average molecular weight is 353 g/mol. The molecule has 25 heavy (non-hydrogen) atoms. The number of nitrogens with zero attached hydrogens (tertiary/aromatic N) is 2. The van der Waals surface area contributed by atoms with E-state index >= 15 is 0 Å². The Morgan fingerprint density at radius 1 is 1.24 bits per heavy atom. The fraction of sp³-hybridized carbons (Fsp3) is 0.105. The Balaban J connectivity index is 1.60. The third-order valence-corrected chi connectivity index (χ3v) is 4.49. The Labute approximate surface area is 149 Å². The van der Waals surface area contributed by atoms with E-state index in [0.717, 1.165) is 21.5 Å². The first kappa shape index (κ1) is 17.1. The lowest BCUT2D eigenvalue weighted by atomic mass is 10.2. The van der Waals surface area contributed by atoms with E-state index in [1.165, 1.54) is 30.1 Å². The summed E-state index contributed by atoms with van der Waals surface area (Å²) in [7, 11) is 0. The molecule has 0 aliphatic rings. The summed E-state index contributed by atoms with van der Waals surface area (Å²) < 4.78 is 12.8. The van der Waals surface area contributed by atoms with Gasteiger partial charge in [-0.15, -0.1) is 11.8 Å². The molecule has 0 fully saturated rings. The van der Waals surface area contributed by atoms with Crippen LogP contribution in [0.2, 0.25) is 0 Å². The number of benzene rings is 2. The molecule has 3 rings (SSSR count). The van der Waals surface area contributed by atoms with E-state index in [4.69, 9.17) is 0 Å². The highest BCUT2D eigenvalue weighted by molar-refractivity contribution is 8.00. The van der Waals surface area contributed by atoms with E-state index in [-0.39, 0.29) is 17.5 Å². The van der Waals surface area contributed by atoms with Crippen molar-refractivity contribution < 1.29 is 9.18 Å². The first-order chi connectivity index (χ1) is 12.1. The Bertz CT molecular complexity index is 926. The SMILES string of the molecule is Cc1cc(SCC(=O)N/N=C/c2ccc(F)cc2)c2ccccc2n1. The van der Waals surface area contributed by atoms with Gasteiger partial charge < -0.3 is 0 Å². The van der Waals surface area contributed by atoms with Crippen molar-refractivity contribution in [3.8, 4) is 0 Å². The predicted octanol–water partition coefficient (Wildman–Crippen LogP) is 3.92. The molecule has 0 aliphatic carbocycles. The van der Waals surface area contributed by atoms with Crippen LogP contribution in [-0.4, -0.2) is 22.9 Å². The minimum atomic E-state index is -0.308. The number of amides is 1. The molecule has 0 saturated carbocycles. The number of hydrogen-bond donors (Lipinski definition) is 1. The number of carbonyl (C=O) groups excluding carboxylic acids is 1. The molecule has 1 amide bonds. The first-order valence-corrected chi connectivity index (χ1v) is 8.67. The topological polar surface area (TPSA) is 54.4 Å². The number of aryl methyl sites for hydroxylation is 1. The molecular formula is C19H16FN3OS. The number of fused-ring (bicyclic) bond motifs is 1. The zero-order valence-electron chi connectivity index (χ0n) is 13.6. The van der Waals surface area contributed by atoms with Gasteiger partial charge in [0.1, 0.15) is 5.82 Å². The summed E-state index contributed by atoms with van der Waals surface area (Å²) in [6.45, 7) is 1.93. The maximum atomic E-state index is 12.8. The maximum absolute atomic E-state index is 12.8. The van der Waals surface area contributed by atoms with Crippen LogP contribution in [0, 0.1) is 12.7 Å². The van der Waals surface area contributed by atoms with E-state index in [1.807, 2.05) is 37.3 Å². The molecule has 0 spiro atoms. The average Bonchev–Trinajstić information content (AvgIpc) is 2.61. The van der Waals surface area contributed by atoms with Gasteiger partial charge in [0.05, 0.1) is 17.5 Å². The number of hydrogen-bond acceptors (Lipinski definition) is 4. The molecule has 4 nitrogen and oxygen atoms in total. The molecule has 0 unspecified atom stereocenters. The van der Waals surface area contributed by atoms with E-state index in [9.17, 15) is 9.18 Å². The van der Waals surface area contributed by atoms with Crippen molar-refractivity contribution in [1.82, 2.24) is 10.4 Å². The van der Waals surface area contributed by atoms with Crippen molar-refractivity contribution in [1.29, 1.82) is 0 Å². The number of aromatic nitrogens is 1. The minimum absolute atomic E-state index is 0.207. The second-order valence-corrected chi connectivity index (χ2v) is 6.43. The number of para-hydroxylation sites is 1. The standard InChI is InChI=1S/C19H16FN3OS/c1-13-10-18(16-4-2-3-5-17(16)22-13)25-12-19(24)23-21-11-14-6-8-15(20)9-7-14/h2-11H,12H2,1H3,(H,23,24)/b21-11+. The summed E-state index contributed by atoms with van der Waals surface area (Å²) in [5.74, 6) is -0.270. The van der Waals surface area contributed by atoms with Crippen LogP contribution in [0.3, 0.4) is 0 Å². The van der Waals surface area contributed by atoms with Gasteiger partial charge in [-0.1, -0.05) is 30.3 Å². The molecule has 0 aliphatic heterocycles. The van der Waals surface area contributed by atoms with Crippen LogP contribution >= 0.6 is 11.8 Å². The third kappa shape index (κ3) is 4.64. The summed E-state index contributed by atoms with van der Waals surface area (Å²) in [6, 6.07) is 15.7. The number of halogens is 1. The Hall–Kier alpha value is -2.73. The monoisotopic (exact) mass is 353 g/mol. The van der Waals surface area contributed by atoms with Gasteiger partial charge in [-0.05, 0) is 36.8 Å². The van der Waals surface area contributed by atoms with Crippen molar-refractivity contribution in [2.45, 2.75) is 11.8 Å². The molecule has 1 N–H and O–H groups in total. The maximum Gasteiger partial charge on any atom is 0.250 e. The van der Waals surface area contributed by atoms with Gasteiger partial charge in [0, 0.05) is 16.0 Å². The molecule has 2 aromatic carbocycles. The molecule has 0 radical (unpaired) electrons. The molecule has 1 heterocycles. The van der Waals surface area contributed by atoms with Gasteiger partial charge in [0.25, 0.3) is 0 Å². The minimum Gasteiger partial charge on any atom is -0.272 e. The van der Waals surface area contributed by atoms with E-state index in [1.54, 1.807) is 12.1 Å². The largest absolute Gasteiger partial charge is 0.272 e. The normalized spacial score (nSPS) is 11.1. The highest BCUT2D eigenvalue weighted by atomic mass is 32.2. The molecular weight excluding hydrogens is 337 g/mol. The molecule has 1 aromatic heterocycles. The van der Waals surface area contributed by atoms with Crippen LogP contribution in [0.25, 0.3) is 10.9 Å². The number of rotatable bonds is 5. The van der Waals surface area contributed by atoms with Crippen LogP contribution in [0.5, 0.6) is 0 Å². The van der Waals surface area contributed by atoms with Crippen LogP contribution in [0.4, 0.5) is 4.39 Å². The van der Waals surface area contributed by atoms with Gasteiger partial charge >= 0.3 is 0 Å². The number of nitrogens with one attached hydrogen (secondary N) is 1. The number of carbonyl (C=O) groups is 1. The van der Waals surface area contributed by atoms with E-state index in [0.29, 0.717) is 5.56 Å². The lowest BCUT2D eigenvalue weighted by Gasteiger charge is -2.07. The Morgan fingerprint density at radius 3 is 2.80 bits per heavy atom. The van der Waals surface area contributed by atoms with Gasteiger partial charge in [-0.25, -0.2) is 9.82 Å². The quantitative estimate of drug-likeness (QED) is 0.430. The molecule has 0 bridgehead atoms. The first-order valence-electron chi connectivity index (χ1n) is 7.68. The second-order valence-electron chi connectivity index (χ2n) is 5.41. The number of thioether (sulfide) groups is 1. The number of hydrazone groups is 1. The van der Waals surface area contributed by atoms with E-state index < -0.39 is 0 Å². The van der Waals surface area contributed by atoms with Gasteiger partial charge in [-0.3, -0.25) is 9.78 Å². The summed E-state index contributed by atoms with van der Waals surface area (Å²) in [4.78, 5) is 17.5. The smallest absolute Gasteiger partial charge is 0.250 e. The van der Waals surface area contributed by atoms with Crippen molar-refractivity contribution in [2.24, 2.45) is 5.10 Å². The van der Waals surface area contributed by atoms with Crippen molar-refractivity contribution in [2.75, 3.05) is 5.75 Å². The molecule has 0 saturated heterocycles. The van der Waals surface area contributed by atoms with Crippen LogP contribution in [-0.2, 0) is 4.79 Å². The Kier molecular flexibility index (Phi) is 5.40. The molecule has 0 atom stereocenters. The van der Waals surface area contributed by atoms with Crippen molar-refractivity contribution in [3.05, 3.63) is 71.7 Å². The van der Waals surface area contributed by atoms with Gasteiger partial charge in [0.15, 0.2) is 0 Å². The molecule has 3 aromatic rings. The predicted molar refractivity (Wildman–Crippen MR) is 99.3 cm³/mol. The van der Waals surface area contributed by atoms with Gasteiger partial charge in [-0.2, -0.15) is 5.10 Å². The van der Waals surface area contributed by atoms with Crippen molar-refractivity contribution in [3.63, 3.8) is 0 Å². The second kappa shape index (κ2) is 7.90. The van der Waals surface area contributed by atoms with Crippen LogP contribution < -0.4 is 5.43 Å². The lowest BCUT2D eigenvalue weighted by molar-refractivity contribution is -0.118. The number of pyridine rings is 1. The van der Waals surface area contributed by atoms with Crippen LogP contribution in [0.15, 0.2) is 64.6 Å². The highest BCUT2D eigenvalue weighted by Gasteiger charge is 2.07. The summed E-state index contributed by atoms with van der Waals surface area (Å²) >= 11 is 1.44. The zero-order chi connectivity index (χ0) is 17.6. The fourth-order valence-electron chi connectivity index (χ4n) is 2.29. The van der Waals surface area contributed by atoms with Gasteiger partial charge in [0.2, 0.25) is 5.91 Å². The lowest BCUT2D eigenvalue weighted by Crippen LogP contribution is -2.19. The summed E-state index contributed by atoms with van der Waals surface area (Å²) in [6.07, 6.45) is 1.48. The fourth-order valence-corrected chi connectivity index (χ4v) is 3.23. The summed E-state index contributed by atoms with van der Waals surface area (Å²) in [5.41, 5.74) is 5.02. The Morgan fingerprint density at radius 2 is 2.00 bits per heavy atom.